The molecule has 0 fully saturated rings. The molecule has 0 radical (unpaired) electrons. The van der Waals surface area contributed by atoms with Crippen LogP contribution in [0, 0.1) is 0 Å². The van der Waals surface area contributed by atoms with Crippen LogP contribution in [0.3, 0.4) is 0 Å². The van der Waals surface area contributed by atoms with E-state index in [1.807, 2.05) is 24.3 Å². The van der Waals surface area contributed by atoms with E-state index in [1.54, 1.807) is 0 Å². The molecule has 2 aromatic rings. The Kier molecular flexibility index (Phi) is 3.81. The zero-order valence-corrected chi connectivity index (χ0v) is 12.7. The smallest absolute Gasteiger partial charge is 0.122 e. The molecule has 0 amide bonds. The zero-order chi connectivity index (χ0) is 13.2. The van der Waals surface area contributed by atoms with Crippen LogP contribution in [0.25, 0.3) is 0 Å². The number of ether oxygens (including phenoxy) is 1. The van der Waals surface area contributed by atoms with Crippen molar-refractivity contribution < 1.29 is 4.74 Å². The molecule has 0 aliphatic carbocycles. The SMILES string of the molecule is ClC(c1ccc2c(c1)CCCO2)c1ccccc1Br. The Hall–Kier alpha value is -0.990. The fraction of sp³-hybridized carbons (Fsp3) is 0.250. The highest BCUT2D eigenvalue weighted by molar-refractivity contribution is 9.10. The molecule has 98 valence electrons. The Morgan fingerprint density at radius 3 is 2.84 bits per heavy atom. The third kappa shape index (κ3) is 2.65. The van der Waals surface area contributed by atoms with Crippen LogP contribution in [-0.4, -0.2) is 6.61 Å². The van der Waals surface area contributed by atoms with E-state index in [1.165, 1.54) is 5.56 Å². The number of hydrogen-bond acceptors (Lipinski definition) is 1. The lowest BCUT2D eigenvalue weighted by Crippen LogP contribution is -2.09. The van der Waals surface area contributed by atoms with Crippen LogP contribution in [0.1, 0.15) is 28.5 Å². The summed E-state index contributed by atoms with van der Waals surface area (Å²) in [6.07, 6.45) is 2.15. The van der Waals surface area contributed by atoms with E-state index >= 15 is 0 Å². The molecule has 3 rings (SSSR count). The molecule has 1 unspecified atom stereocenters. The molecule has 1 aliphatic rings. The summed E-state index contributed by atoms with van der Waals surface area (Å²) in [6.45, 7) is 0.820. The van der Waals surface area contributed by atoms with Gasteiger partial charge < -0.3 is 4.74 Å². The first kappa shape index (κ1) is 13.0. The summed E-state index contributed by atoms with van der Waals surface area (Å²) >= 11 is 10.2. The van der Waals surface area contributed by atoms with Gasteiger partial charge >= 0.3 is 0 Å². The fourth-order valence-electron chi connectivity index (χ4n) is 2.40. The topological polar surface area (TPSA) is 9.23 Å². The molecule has 19 heavy (non-hydrogen) atoms. The lowest BCUT2D eigenvalue weighted by atomic mass is 9.99. The first-order chi connectivity index (χ1) is 9.25. The second-order valence-electron chi connectivity index (χ2n) is 4.70. The molecular weight excluding hydrogens is 324 g/mol. The summed E-state index contributed by atoms with van der Waals surface area (Å²) in [4.78, 5) is 0. The van der Waals surface area contributed by atoms with Crippen molar-refractivity contribution in [2.24, 2.45) is 0 Å². The van der Waals surface area contributed by atoms with Crippen molar-refractivity contribution in [1.29, 1.82) is 0 Å². The predicted octanol–water partition coefficient (Wildman–Crippen LogP) is 5.10. The van der Waals surface area contributed by atoms with Gasteiger partial charge in [0, 0.05) is 4.47 Å². The number of aryl methyl sites for hydroxylation is 1. The van der Waals surface area contributed by atoms with Crippen LogP contribution in [0.4, 0.5) is 0 Å². The van der Waals surface area contributed by atoms with E-state index in [-0.39, 0.29) is 5.38 Å². The molecule has 1 heterocycles. The molecule has 1 nitrogen and oxygen atoms in total. The third-order valence-electron chi connectivity index (χ3n) is 3.40. The molecule has 0 aromatic heterocycles. The first-order valence-electron chi connectivity index (χ1n) is 6.40. The van der Waals surface area contributed by atoms with Crippen LogP contribution < -0.4 is 4.74 Å². The number of alkyl halides is 1. The van der Waals surface area contributed by atoms with Gasteiger partial charge in [-0.05, 0) is 41.7 Å². The van der Waals surface area contributed by atoms with Crippen molar-refractivity contribution in [1.82, 2.24) is 0 Å². The Bertz CT molecular complexity index is 597. The molecule has 2 aromatic carbocycles. The van der Waals surface area contributed by atoms with E-state index in [4.69, 9.17) is 16.3 Å². The van der Waals surface area contributed by atoms with E-state index in [0.717, 1.165) is 40.8 Å². The van der Waals surface area contributed by atoms with Crippen molar-refractivity contribution in [3.63, 3.8) is 0 Å². The zero-order valence-electron chi connectivity index (χ0n) is 10.4. The summed E-state index contributed by atoms with van der Waals surface area (Å²) in [7, 11) is 0. The second-order valence-corrected chi connectivity index (χ2v) is 5.99. The van der Waals surface area contributed by atoms with Gasteiger partial charge in [-0.3, -0.25) is 0 Å². The standard InChI is InChI=1S/C16H14BrClO/c17-14-6-2-1-5-13(14)16(18)12-7-8-15-11(10-12)4-3-9-19-15/h1-2,5-8,10,16H,3-4,9H2. The van der Waals surface area contributed by atoms with Gasteiger partial charge in [0.15, 0.2) is 0 Å². The van der Waals surface area contributed by atoms with E-state index in [9.17, 15) is 0 Å². The minimum absolute atomic E-state index is 0.136. The van der Waals surface area contributed by atoms with Crippen LogP contribution in [-0.2, 0) is 6.42 Å². The van der Waals surface area contributed by atoms with Gasteiger partial charge in [-0.2, -0.15) is 0 Å². The maximum atomic E-state index is 6.61. The summed E-state index contributed by atoms with van der Waals surface area (Å²) in [6, 6.07) is 14.3. The van der Waals surface area contributed by atoms with Gasteiger partial charge in [0.2, 0.25) is 0 Å². The second kappa shape index (κ2) is 5.56. The average molecular weight is 338 g/mol. The van der Waals surface area contributed by atoms with Gasteiger partial charge in [0.1, 0.15) is 5.75 Å². The molecule has 3 heteroatoms. The van der Waals surface area contributed by atoms with Gasteiger partial charge in [-0.15, -0.1) is 11.6 Å². The van der Waals surface area contributed by atoms with Crippen LogP contribution in [0.15, 0.2) is 46.9 Å². The molecule has 0 saturated heterocycles. The Morgan fingerprint density at radius 1 is 1.16 bits per heavy atom. The van der Waals surface area contributed by atoms with Gasteiger partial charge in [-0.1, -0.05) is 46.3 Å². The minimum Gasteiger partial charge on any atom is -0.493 e. The Labute approximate surface area is 126 Å². The normalized spacial score (nSPS) is 15.5. The largest absolute Gasteiger partial charge is 0.493 e. The maximum Gasteiger partial charge on any atom is 0.122 e. The molecule has 0 spiro atoms. The van der Waals surface area contributed by atoms with E-state index in [0.29, 0.717) is 0 Å². The summed E-state index contributed by atoms with van der Waals surface area (Å²) in [5, 5.41) is -0.136. The van der Waals surface area contributed by atoms with E-state index in [2.05, 4.69) is 34.1 Å². The number of rotatable bonds is 2. The molecule has 0 saturated carbocycles. The number of benzene rings is 2. The maximum absolute atomic E-state index is 6.61. The highest BCUT2D eigenvalue weighted by Crippen LogP contribution is 2.36. The summed E-state index contributed by atoms with van der Waals surface area (Å²) in [5.74, 6) is 1.01. The van der Waals surface area contributed by atoms with Crippen LogP contribution in [0.2, 0.25) is 0 Å². The number of fused-ring (bicyclic) bond motifs is 1. The van der Waals surface area contributed by atoms with Crippen molar-refractivity contribution >= 4 is 27.5 Å². The highest BCUT2D eigenvalue weighted by Gasteiger charge is 2.17. The Morgan fingerprint density at radius 2 is 2.00 bits per heavy atom. The lowest BCUT2D eigenvalue weighted by molar-refractivity contribution is 0.288. The van der Waals surface area contributed by atoms with Crippen LogP contribution >= 0.6 is 27.5 Å². The average Bonchev–Trinajstić information content (AvgIpc) is 2.46. The van der Waals surface area contributed by atoms with Gasteiger partial charge in [0.05, 0.1) is 12.0 Å². The third-order valence-corrected chi connectivity index (χ3v) is 4.61. The highest BCUT2D eigenvalue weighted by atomic mass is 79.9. The van der Waals surface area contributed by atoms with Crippen molar-refractivity contribution in [2.75, 3.05) is 6.61 Å². The number of halogens is 2. The summed E-state index contributed by atoms with van der Waals surface area (Å²) in [5.41, 5.74) is 3.49. The molecule has 0 bridgehead atoms. The minimum atomic E-state index is -0.136. The summed E-state index contributed by atoms with van der Waals surface area (Å²) < 4.78 is 6.68. The predicted molar refractivity (Wildman–Crippen MR) is 82.1 cm³/mol. The number of hydrogen-bond donors (Lipinski definition) is 0. The van der Waals surface area contributed by atoms with Crippen molar-refractivity contribution in [3.05, 3.63) is 63.6 Å². The monoisotopic (exact) mass is 336 g/mol. The van der Waals surface area contributed by atoms with Crippen molar-refractivity contribution in [2.45, 2.75) is 18.2 Å². The van der Waals surface area contributed by atoms with Gasteiger partial charge in [0.25, 0.3) is 0 Å². The Balaban J connectivity index is 1.96. The molecule has 0 N–H and O–H groups in total. The molecular formula is C16H14BrClO. The quantitative estimate of drug-likeness (QED) is 0.693. The van der Waals surface area contributed by atoms with Crippen LogP contribution in [0.5, 0.6) is 5.75 Å². The molecule has 1 aliphatic heterocycles. The fourth-order valence-corrected chi connectivity index (χ4v) is 3.37. The van der Waals surface area contributed by atoms with Gasteiger partial charge in [-0.25, -0.2) is 0 Å². The van der Waals surface area contributed by atoms with E-state index < -0.39 is 0 Å². The molecule has 1 atom stereocenters. The van der Waals surface area contributed by atoms with Crippen molar-refractivity contribution in [3.8, 4) is 5.75 Å². The first-order valence-corrected chi connectivity index (χ1v) is 7.63. The lowest BCUT2D eigenvalue weighted by Gasteiger charge is -2.19.